The van der Waals surface area contributed by atoms with Crippen molar-refractivity contribution in [2.75, 3.05) is 4.72 Å². The van der Waals surface area contributed by atoms with E-state index in [1.165, 1.54) is 23.1 Å². The number of rotatable bonds is 5. The zero-order valence-electron chi connectivity index (χ0n) is 12.5. The number of nitrogens with one attached hydrogen (secondary N) is 2. The summed E-state index contributed by atoms with van der Waals surface area (Å²) >= 11 is 0. The van der Waals surface area contributed by atoms with Gasteiger partial charge in [-0.15, -0.1) is 0 Å². The zero-order valence-corrected chi connectivity index (χ0v) is 13.3. The summed E-state index contributed by atoms with van der Waals surface area (Å²) in [6, 6.07) is 7.86. The summed E-state index contributed by atoms with van der Waals surface area (Å²) in [6.45, 7) is 1.60. The highest BCUT2D eigenvalue weighted by Gasteiger charge is 2.20. The second-order valence-corrected chi connectivity index (χ2v) is 6.58. The number of H-pyrrole nitrogens is 1. The zero-order chi connectivity index (χ0) is 17.3. The van der Waals surface area contributed by atoms with Crippen LogP contribution in [0.3, 0.4) is 0 Å². The molecule has 0 spiro atoms. The van der Waals surface area contributed by atoms with E-state index in [1.54, 1.807) is 31.2 Å². The number of benzene rings is 1. The molecule has 3 rings (SSSR count). The Morgan fingerprint density at radius 2 is 2.04 bits per heavy atom. The second kappa shape index (κ2) is 5.81. The third kappa shape index (κ3) is 2.86. The number of sulfonamides is 1. The number of aromatic nitrogens is 4. The molecule has 0 saturated heterocycles. The number of carboxylic acid groups (broad SMARTS) is 1. The lowest BCUT2D eigenvalue weighted by molar-refractivity contribution is 0.0690. The normalized spacial score (nSPS) is 11.4. The van der Waals surface area contributed by atoms with Gasteiger partial charge < -0.3 is 5.11 Å². The number of para-hydroxylation sites is 2. The molecule has 0 amide bonds. The molecule has 3 aromatic rings. The standard InChI is InChI=1S/C14H13N5O4S/c1-9-13(8-15-16-9)24(22,23)18-10-4-2-3-5-12(10)19-7-6-11(17-19)14(20)21/h2-8,18H,1H3,(H,15,16)(H,20,21). The highest BCUT2D eigenvalue weighted by atomic mass is 32.2. The minimum atomic E-state index is -3.84. The van der Waals surface area contributed by atoms with E-state index >= 15 is 0 Å². The van der Waals surface area contributed by atoms with Crippen LogP contribution in [0.15, 0.2) is 47.6 Å². The van der Waals surface area contributed by atoms with E-state index < -0.39 is 16.0 Å². The number of hydrogen-bond donors (Lipinski definition) is 3. The van der Waals surface area contributed by atoms with E-state index in [9.17, 15) is 13.2 Å². The number of nitrogens with zero attached hydrogens (tertiary/aromatic N) is 3. The number of carboxylic acids is 1. The molecule has 3 N–H and O–H groups in total. The SMILES string of the molecule is Cc1[nH]ncc1S(=O)(=O)Nc1ccccc1-n1ccc(C(=O)O)n1. The molecule has 0 aliphatic carbocycles. The van der Waals surface area contributed by atoms with Crippen LogP contribution in [-0.2, 0) is 10.0 Å². The molecular weight excluding hydrogens is 334 g/mol. The van der Waals surface area contributed by atoms with Crippen molar-refractivity contribution in [3.05, 3.63) is 54.1 Å². The van der Waals surface area contributed by atoms with Crippen molar-refractivity contribution in [3.8, 4) is 5.69 Å². The fraction of sp³-hybridized carbons (Fsp3) is 0.0714. The largest absolute Gasteiger partial charge is 0.476 e. The van der Waals surface area contributed by atoms with Crippen LogP contribution >= 0.6 is 0 Å². The van der Waals surface area contributed by atoms with Gasteiger partial charge in [0.05, 0.1) is 23.3 Å². The number of carbonyl (C=O) groups is 1. The molecule has 0 bridgehead atoms. The molecule has 124 valence electrons. The fourth-order valence-corrected chi connectivity index (χ4v) is 3.35. The number of aryl methyl sites for hydroxylation is 1. The first-order valence-corrected chi connectivity index (χ1v) is 8.28. The topological polar surface area (TPSA) is 130 Å². The van der Waals surface area contributed by atoms with Gasteiger partial charge in [-0.1, -0.05) is 12.1 Å². The minimum Gasteiger partial charge on any atom is -0.476 e. The van der Waals surface area contributed by atoms with Gasteiger partial charge in [-0.3, -0.25) is 9.82 Å². The molecule has 1 aromatic carbocycles. The predicted molar refractivity (Wildman–Crippen MR) is 84.7 cm³/mol. The fourth-order valence-electron chi connectivity index (χ4n) is 2.14. The molecule has 9 nitrogen and oxygen atoms in total. The summed E-state index contributed by atoms with van der Waals surface area (Å²) in [7, 11) is -3.84. The molecule has 2 heterocycles. The van der Waals surface area contributed by atoms with Gasteiger partial charge in [-0.2, -0.15) is 10.2 Å². The van der Waals surface area contributed by atoms with Gasteiger partial charge in [0.1, 0.15) is 4.90 Å². The first-order valence-electron chi connectivity index (χ1n) is 6.79. The van der Waals surface area contributed by atoms with E-state index in [2.05, 4.69) is 20.0 Å². The maximum Gasteiger partial charge on any atom is 0.356 e. The highest BCUT2D eigenvalue weighted by Crippen LogP contribution is 2.23. The summed E-state index contributed by atoms with van der Waals surface area (Å²) in [5, 5.41) is 19.1. The molecule has 0 aliphatic heterocycles. The lowest BCUT2D eigenvalue weighted by Crippen LogP contribution is -2.15. The summed E-state index contributed by atoms with van der Waals surface area (Å²) in [6.07, 6.45) is 2.66. The monoisotopic (exact) mass is 347 g/mol. The first-order chi connectivity index (χ1) is 11.4. The van der Waals surface area contributed by atoms with Crippen molar-refractivity contribution >= 4 is 21.7 Å². The van der Waals surface area contributed by atoms with Gasteiger partial charge in [0.15, 0.2) is 5.69 Å². The minimum absolute atomic E-state index is 0.0315. The van der Waals surface area contributed by atoms with Crippen LogP contribution in [0.1, 0.15) is 16.2 Å². The van der Waals surface area contributed by atoms with Crippen LogP contribution in [0.2, 0.25) is 0 Å². The molecule has 0 saturated carbocycles. The van der Waals surface area contributed by atoms with E-state index in [0.29, 0.717) is 11.4 Å². The van der Waals surface area contributed by atoms with Gasteiger partial charge in [-0.25, -0.2) is 17.9 Å². The van der Waals surface area contributed by atoms with Crippen molar-refractivity contribution in [1.82, 2.24) is 20.0 Å². The lowest BCUT2D eigenvalue weighted by Gasteiger charge is -2.12. The lowest BCUT2D eigenvalue weighted by atomic mass is 10.3. The summed E-state index contributed by atoms with van der Waals surface area (Å²) in [5.74, 6) is -1.17. The van der Waals surface area contributed by atoms with Crippen LogP contribution in [-0.4, -0.2) is 39.5 Å². The maximum atomic E-state index is 12.5. The first kappa shape index (κ1) is 15.7. The van der Waals surface area contributed by atoms with Crippen LogP contribution in [0.25, 0.3) is 5.69 Å². The molecular formula is C14H13N5O4S. The average Bonchev–Trinajstić information content (AvgIpc) is 3.16. The third-order valence-corrected chi connectivity index (χ3v) is 4.76. The van der Waals surface area contributed by atoms with Crippen molar-refractivity contribution in [2.45, 2.75) is 11.8 Å². The van der Waals surface area contributed by atoms with Gasteiger partial charge >= 0.3 is 5.97 Å². The molecule has 0 aliphatic rings. The van der Waals surface area contributed by atoms with E-state index in [0.717, 1.165) is 0 Å². The van der Waals surface area contributed by atoms with Crippen molar-refractivity contribution in [1.29, 1.82) is 0 Å². The Morgan fingerprint density at radius 3 is 2.67 bits per heavy atom. The van der Waals surface area contributed by atoms with E-state index in [4.69, 9.17) is 5.11 Å². The molecule has 0 fully saturated rings. The predicted octanol–water partition coefficient (Wildman–Crippen LogP) is 1.40. The molecule has 2 aromatic heterocycles. The van der Waals surface area contributed by atoms with Crippen LogP contribution in [0.5, 0.6) is 0 Å². The Morgan fingerprint density at radius 1 is 1.29 bits per heavy atom. The van der Waals surface area contributed by atoms with Gasteiger partial charge in [0, 0.05) is 6.20 Å². The summed E-state index contributed by atoms with van der Waals surface area (Å²) in [5.41, 5.74) is 0.929. The van der Waals surface area contributed by atoms with Gasteiger partial charge in [0.25, 0.3) is 10.0 Å². The van der Waals surface area contributed by atoms with Gasteiger partial charge in [0.2, 0.25) is 0 Å². The Balaban J connectivity index is 2.01. The summed E-state index contributed by atoms with van der Waals surface area (Å²) in [4.78, 5) is 11.0. The summed E-state index contributed by atoms with van der Waals surface area (Å²) < 4.78 is 28.7. The smallest absolute Gasteiger partial charge is 0.356 e. The van der Waals surface area contributed by atoms with Crippen molar-refractivity contribution in [2.24, 2.45) is 0 Å². The molecule has 24 heavy (non-hydrogen) atoms. The Hall–Kier alpha value is -3.14. The molecule has 0 radical (unpaired) electrons. The second-order valence-electron chi connectivity index (χ2n) is 4.93. The number of aromatic amines is 1. The maximum absolute atomic E-state index is 12.5. The van der Waals surface area contributed by atoms with E-state index in [-0.39, 0.29) is 16.3 Å². The van der Waals surface area contributed by atoms with Crippen LogP contribution in [0, 0.1) is 6.92 Å². The van der Waals surface area contributed by atoms with Crippen molar-refractivity contribution < 1.29 is 18.3 Å². The van der Waals surface area contributed by atoms with E-state index in [1.807, 2.05) is 0 Å². The highest BCUT2D eigenvalue weighted by molar-refractivity contribution is 7.92. The number of hydrogen-bond acceptors (Lipinski definition) is 5. The molecule has 0 atom stereocenters. The average molecular weight is 347 g/mol. The quantitative estimate of drug-likeness (QED) is 0.639. The molecule has 10 heteroatoms. The van der Waals surface area contributed by atoms with Crippen LogP contribution in [0.4, 0.5) is 5.69 Å². The Bertz CT molecular complexity index is 1010. The third-order valence-electron chi connectivity index (χ3n) is 3.28. The van der Waals surface area contributed by atoms with Crippen LogP contribution < -0.4 is 4.72 Å². The number of aromatic carboxylic acids is 1. The molecule has 0 unspecified atom stereocenters. The Kier molecular flexibility index (Phi) is 3.81. The number of anilines is 1. The van der Waals surface area contributed by atoms with Gasteiger partial charge in [-0.05, 0) is 25.1 Å². The Labute approximate surface area is 137 Å². The van der Waals surface area contributed by atoms with Crippen molar-refractivity contribution in [3.63, 3.8) is 0 Å².